The zero-order valence-corrected chi connectivity index (χ0v) is 8.73. The van der Waals surface area contributed by atoms with Crippen molar-refractivity contribution < 1.29 is 4.39 Å². The molecule has 0 spiro atoms. The summed E-state index contributed by atoms with van der Waals surface area (Å²) in [4.78, 5) is 0. The number of hydrogen-bond acceptors (Lipinski definition) is 1. The van der Waals surface area contributed by atoms with E-state index < -0.39 is 0 Å². The van der Waals surface area contributed by atoms with E-state index in [1.54, 1.807) is 6.07 Å². The van der Waals surface area contributed by atoms with Crippen LogP contribution in [0.4, 0.5) is 4.39 Å². The van der Waals surface area contributed by atoms with Crippen molar-refractivity contribution in [2.75, 3.05) is 6.54 Å². The SMILES string of the molecule is Cc1cc(C2CCCN2)c(C)cc1F. The van der Waals surface area contributed by atoms with E-state index >= 15 is 0 Å². The normalized spacial score (nSPS) is 21.5. The van der Waals surface area contributed by atoms with Crippen molar-refractivity contribution in [1.29, 1.82) is 0 Å². The lowest BCUT2D eigenvalue weighted by Gasteiger charge is -2.15. The standard InChI is InChI=1S/C12H16FN/c1-8-7-11(13)9(2)6-10(8)12-4-3-5-14-12/h6-7,12,14H,3-5H2,1-2H3. The van der Waals surface area contributed by atoms with Gasteiger partial charge in [-0.25, -0.2) is 4.39 Å². The topological polar surface area (TPSA) is 12.0 Å². The molecule has 1 unspecified atom stereocenters. The minimum absolute atomic E-state index is 0.0933. The summed E-state index contributed by atoms with van der Waals surface area (Å²) in [5.74, 6) is -0.0933. The molecule has 0 saturated carbocycles. The number of hydrogen-bond donors (Lipinski definition) is 1. The molecule has 1 nitrogen and oxygen atoms in total. The average Bonchev–Trinajstić information content (AvgIpc) is 2.64. The number of benzene rings is 1. The van der Waals surface area contributed by atoms with E-state index in [4.69, 9.17) is 0 Å². The van der Waals surface area contributed by atoms with E-state index in [1.165, 1.54) is 18.4 Å². The lowest BCUT2D eigenvalue weighted by Crippen LogP contribution is -2.14. The molecule has 0 aromatic heterocycles. The predicted octanol–water partition coefficient (Wildman–Crippen LogP) is 2.87. The molecule has 0 aliphatic carbocycles. The molecule has 76 valence electrons. The lowest BCUT2D eigenvalue weighted by atomic mass is 9.97. The van der Waals surface area contributed by atoms with Gasteiger partial charge in [0.05, 0.1) is 0 Å². The summed E-state index contributed by atoms with van der Waals surface area (Å²) in [6.45, 7) is 4.89. The predicted molar refractivity (Wildman–Crippen MR) is 55.9 cm³/mol. The molecule has 1 N–H and O–H groups in total. The van der Waals surface area contributed by atoms with Crippen LogP contribution in [0.3, 0.4) is 0 Å². The Kier molecular flexibility index (Phi) is 2.55. The zero-order chi connectivity index (χ0) is 10.1. The van der Waals surface area contributed by atoms with Crippen molar-refractivity contribution in [2.45, 2.75) is 32.7 Å². The summed E-state index contributed by atoms with van der Waals surface area (Å²) in [6, 6.07) is 4.06. The van der Waals surface area contributed by atoms with E-state index in [0.717, 1.165) is 17.7 Å². The van der Waals surface area contributed by atoms with Crippen LogP contribution in [0.5, 0.6) is 0 Å². The first-order valence-corrected chi connectivity index (χ1v) is 5.18. The van der Waals surface area contributed by atoms with Gasteiger partial charge in [0.15, 0.2) is 0 Å². The van der Waals surface area contributed by atoms with Crippen LogP contribution >= 0.6 is 0 Å². The first-order valence-electron chi connectivity index (χ1n) is 5.18. The van der Waals surface area contributed by atoms with Crippen LogP contribution in [0.1, 0.15) is 35.6 Å². The molecule has 14 heavy (non-hydrogen) atoms. The molecule has 2 heteroatoms. The van der Waals surface area contributed by atoms with Crippen molar-refractivity contribution in [1.82, 2.24) is 5.32 Å². The smallest absolute Gasteiger partial charge is 0.126 e. The maximum absolute atomic E-state index is 13.2. The van der Waals surface area contributed by atoms with Gasteiger partial charge >= 0.3 is 0 Å². The van der Waals surface area contributed by atoms with Crippen molar-refractivity contribution >= 4 is 0 Å². The average molecular weight is 193 g/mol. The molecular weight excluding hydrogens is 177 g/mol. The molecule has 1 atom stereocenters. The highest BCUT2D eigenvalue weighted by molar-refractivity contribution is 5.34. The summed E-state index contributed by atoms with van der Waals surface area (Å²) in [7, 11) is 0. The number of aryl methyl sites for hydroxylation is 2. The highest BCUT2D eigenvalue weighted by atomic mass is 19.1. The van der Waals surface area contributed by atoms with Gasteiger partial charge in [-0.1, -0.05) is 6.07 Å². The van der Waals surface area contributed by atoms with Crippen molar-refractivity contribution in [2.24, 2.45) is 0 Å². The quantitative estimate of drug-likeness (QED) is 0.723. The van der Waals surface area contributed by atoms with E-state index in [9.17, 15) is 4.39 Å². The summed E-state index contributed by atoms with van der Waals surface area (Å²) < 4.78 is 13.2. The van der Waals surface area contributed by atoms with Gasteiger partial charge in [-0.2, -0.15) is 0 Å². The highest BCUT2D eigenvalue weighted by Gasteiger charge is 2.18. The Labute approximate surface area is 84.3 Å². The van der Waals surface area contributed by atoms with Gasteiger partial charge in [0, 0.05) is 6.04 Å². The highest BCUT2D eigenvalue weighted by Crippen LogP contribution is 2.27. The summed E-state index contributed by atoms with van der Waals surface area (Å²) >= 11 is 0. The second-order valence-electron chi connectivity index (χ2n) is 4.11. The van der Waals surface area contributed by atoms with Gasteiger partial charge in [0.1, 0.15) is 5.82 Å². The zero-order valence-electron chi connectivity index (χ0n) is 8.73. The molecule has 1 heterocycles. The van der Waals surface area contributed by atoms with Crippen LogP contribution in [0.15, 0.2) is 12.1 Å². The van der Waals surface area contributed by atoms with E-state index in [1.807, 2.05) is 19.9 Å². The minimum atomic E-state index is -0.0933. The fourth-order valence-corrected chi connectivity index (χ4v) is 2.13. The third-order valence-corrected chi connectivity index (χ3v) is 2.98. The van der Waals surface area contributed by atoms with Gasteiger partial charge in [-0.3, -0.25) is 0 Å². The summed E-state index contributed by atoms with van der Waals surface area (Å²) in [5, 5.41) is 3.44. The molecular formula is C12H16FN. The molecule has 1 aromatic carbocycles. The Morgan fingerprint density at radius 1 is 1.29 bits per heavy atom. The van der Waals surface area contributed by atoms with Gasteiger partial charge in [-0.05, 0) is 56.0 Å². The maximum atomic E-state index is 13.2. The monoisotopic (exact) mass is 193 g/mol. The van der Waals surface area contributed by atoms with Gasteiger partial charge in [0.2, 0.25) is 0 Å². The van der Waals surface area contributed by atoms with E-state index in [2.05, 4.69) is 5.32 Å². The molecule has 0 amide bonds. The molecule has 2 rings (SSSR count). The number of rotatable bonds is 1. The summed E-state index contributed by atoms with van der Waals surface area (Å²) in [5.41, 5.74) is 3.08. The summed E-state index contributed by atoms with van der Waals surface area (Å²) in [6.07, 6.45) is 2.40. The molecule has 0 radical (unpaired) electrons. The fraction of sp³-hybridized carbons (Fsp3) is 0.500. The molecule has 1 aromatic rings. The first-order chi connectivity index (χ1) is 6.68. The van der Waals surface area contributed by atoms with Crippen molar-refractivity contribution in [3.63, 3.8) is 0 Å². The molecule has 1 aliphatic heterocycles. The van der Waals surface area contributed by atoms with E-state index in [0.29, 0.717) is 6.04 Å². The Morgan fingerprint density at radius 2 is 2.07 bits per heavy atom. The Hall–Kier alpha value is -0.890. The van der Waals surface area contributed by atoms with Gasteiger partial charge < -0.3 is 5.32 Å². The van der Waals surface area contributed by atoms with Gasteiger partial charge in [0.25, 0.3) is 0 Å². The Morgan fingerprint density at radius 3 is 2.71 bits per heavy atom. The fourth-order valence-electron chi connectivity index (χ4n) is 2.13. The minimum Gasteiger partial charge on any atom is -0.310 e. The lowest BCUT2D eigenvalue weighted by molar-refractivity contribution is 0.605. The third kappa shape index (κ3) is 1.67. The Balaban J connectivity index is 2.37. The number of nitrogens with one attached hydrogen (secondary N) is 1. The van der Waals surface area contributed by atoms with Crippen LogP contribution in [0.25, 0.3) is 0 Å². The molecule has 1 fully saturated rings. The van der Waals surface area contributed by atoms with E-state index in [-0.39, 0.29) is 5.82 Å². The van der Waals surface area contributed by atoms with Crippen LogP contribution in [-0.2, 0) is 0 Å². The maximum Gasteiger partial charge on any atom is 0.126 e. The van der Waals surface area contributed by atoms with Crippen molar-refractivity contribution in [3.8, 4) is 0 Å². The largest absolute Gasteiger partial charge is 0.310 e. The first kappa shape index (κ1) is 9.66. The second-order valence-corrected chi connectivity index (χ2v) is 4.11. The molecule has 0 bridgehead atoms. The third-order valence-electron chi connectivity index (χ3n) is 2.98. The van der Waals surface area contributed by atoms with Crippen LogP contribution in [0, 0.1) is 19.7 Å². The Bertz CT molecular complexity index is 340. The molecule has 1 saturated heterocycles. The number of halogens is 1. The second kappa shape index (κ2) is 3.70. The van der Waals surface area contributed by atoms with Gasteiger partial charge in [-0.15, -0.1) is 0 Å². The van der Waals surface area contributed by atoms with Crippen molar-refractivity contribution in [3.05, 3.63) is 34.6 Å². The molecule has 1 aliphatic rings. The van der Waals surface area contributed by atoms with Crippen LogP contribution < -0.4 is 5.32 Å². The van der Waals surface area contributed by atoms with Crippen LogP contribution in [-0.4, -0.2) is 6.54 Å². The van der Waals surface area contributed by atoms with Crippen LogP contribution in [0.2, 0.25) is 0 Å².